The predicted octanol–water partition coefficient (Wildman–Crippen LogP) is 2.94. The van der Waals surface area contributed by atoms with Gasteiger partial charge in [-0.1, -0.05) is 23.8 Å². The quantitative estimate of drug-likeness (QED) is 0.299. The topological polar surface area (TPSA) is 141 Å². The lowest BCUT2D eigenvalue weighted by Crippen LogP contribution is -2.49. The van der Waals surface area contributed by atoms with Crippen LogP contribution in [0.1, 0.15) is 68.2 Å². The summed E-state index contributed by atoms with van der Waals surface area (Å²) in [4.78, 5) is 73.9. The maximum atomic E-state index is 14.0. The van der Waals surface area contributed by atoms with E-state index in [2.05, 4.69) is 5.32 Å². The summed E-state index contributed by atoms with van der Waals surface area (Å²) < 4.78 is 9.40. The number of piperidine rings is 1. The highest BCUT2D eigenvalue weighted by Gasteiger charge is 2.29. The van der Waals surface area contributed by atoms with Gasteiger partial charge < -0.3 is 24.4 Å². The number of ether oxygens (including phenoxy) is 1. The van der Waals surface area contributed by atoms with Gasteiger partial charge in [0, 0.05) is 57.9 Å². The average molecular weight is 622 g/mol. The molecule has 3 heterocycles. The first-order valence-electron chi connectivity index (χ1n) is 15.0. The summed E-state index contributed by atoms with van der Waals surface area (Å²) in [5.41, 5.74) is 0.0155. The number of alkyl carbamates (subject to hydrolysis) is 1. The predicted molar refractivity (Wildman–Crippen MR) is 172 cm³/mol. The van der Waals surface area contributed by atoms with Crippen LogP contribution in [0.4, 0.5) is 10.7 Å². The van der Waals surface area contributed by atoms with Crippen LogP contribution in [0.2, 0.25) is 0 Å². The molecule has 1 aromatic carbocycles. The number of aromatic nitrogens is 4. The third kappa shape index (κ3) is 7.52. The molecular formula is C32H43N7O6. The molecule has 1 fully saturated rings. The van der Waals surface area contributed by atoms with Gasteiger partial charge in [0.1, 0.15) is 5.60 Å². The van der Waals surface area contributed by atoms with E-state index in [-0.39, 0.29) is 28.7 Å². The molecule has 45 heavy (non-hydrogen) atoms. The first kappa shape index (κ1) is 33.2. The number of hydrogen-bond acceptors (Lipinski definition) is 8. The fourth-order valence-electron chi connectivity index (χ4n) is 5.26. The van der Waals surface area contributed by atoms with Crippen molar-refractivity contribution in [2.45, 2.75) is 72.2 Å². The van der Waals surface area contributed by atoms with Crippen molar-refractivity contribution in [1.82, 2.24) is 28.9 Å². The Bertz CT molecular complexity index is 1770. The number of carbonyl (C=O) groups excluding carboxylic acids is 3. The van der Waals surface area contributed by atoms with E-state index in [1.165, 1.54) is 22.6 Å². The number of nitrogens with zero attached hydrogens (tertiary/aromatic N) is 6. The largest absolute Gasteiger partial charge is 0.444 e. The minimum absolute atomic E-state index is 0.191. The van der Waals surface area contributed by atoms with Crippen LogP contribution in [-0.2, 0) is 24.9 Å². The van der Waals surface area contributed by atoms with Gasteiger partial charge in [-0.25, -0.2) is 9.59 Å². The van der Waals surface area contributed by atoms with Crippen molar-refractivity contribution in [3.05, 3.63) is 67.9 Å². The zero-order valence-electron chi connectivity index (χ0n) is 27.3. The second-order valence-corrected chi connectivity index (χ2v) is 12.8. The molecule has 0 aliphatic carbocycles. The molecule has 13 nitrogen and oxygen atoms in total. The summed E-state index contributed by atoms with van der Waals surface area (Å²) in [6, 6.07) is 6.01. The van der Waals surface area contributed by atoms with Crippen LogP contribution >= 0.6 is 0 Å². The SMILES string of the molecule is CC(C)=CCn1c(N2CCCC(NC(=O)OC(C)(C)C)C2)nc2c1c(=O)n(CC(=O)c1cccc(C(=O)N(C)C)c1)c(=O)n2C. The number of fused-ring (bicyclic) bond motifs is 1. The maximum absolute atomic E-state index is 14.0. The highest BCUT2D eigenvalue weighted by atomic mass is 16.6. The van der Waals surface area contributed by atoms with Crippen molar-refractivity contribution >= 4 is 34.9 Å². The van der Waals surface area contributed by atoms with Gasteiger partial charge in [0.05, 0.1) is 6.54 Å². The van der Waals surface area contributed by atoms with Crippen LogP contribution in [0.3, 0.4) is 0 Å². The van der Waals surface area contributed by atoms with Gasteiger partial charge in [-0.05, 0) is 59.6 Å². The van der Waals surface area contributed by atoms with E-state index in [9.17, 15) is 24.0 Å². The number of imidazole rings is 1. The zero-order valence-corrected chi connectivity index (χ0v) is 27.3. The maximum Gasteiger partial charge on any atom is 0.407 e. The molecular weight excluding hydrogens is 578 g/mol. The van der Waals surface area contributed by atoms with E-state index in [0.717, 1.165) is 23.0 Å². The van der Waals surface area contributed by atoms with Crippen molar-refractivity contribution in [2.24, 2.45) is 7.05 Å². The molecule has 242 valence electrons. The number of allylic oxidation sites excluding steroid dienone is 2. The lowest BCUT2D eigenvalue weighted by atomic mass is 10.1. The number of hydrogen-bond donors (Lipinski definition) is 1. The standard InChI is InChI=1S/C32H43N7O6/c1-20(2)14-16-38-25-26(34-29(38)37-15-10-13-23(18-37)33-30(43)45-32(3,4)5)36(8)31(44)39(28(25)42)19-24(40)21-11-9-12-22(17-21)27(41)35(6)7/h9,11-12,14,17,23H,10,13,15-16,18-19H2,1-8H3,(H,33,43). The van der Waals surface area contributed by atoms with Gasteiger partial charge in [0.2, 0.25) is 5.95 Å². The van der Waals surface area contributed by atoms with Crippen LogP contribution in [0.15, 0.2) is 45.5 Å². The van der Waals surface area contributed by atoms with Crippen LogP contribution in [0, 0.1) is 0 Å². The van der Waals surface area contributed by atoms with Gasteiger partial charge in [0.15, 0.2) is 16.9 Å². The van der Waals surface area contributed by atoms with E-state index in [4.69, 9.17) is 9.72 Å². The summed E-state index contributed by atoms with van der Waals surface area (Å²) in [5, 5.41) is 2.94. The van der Waals surface area contributed by atoms with E-state index in [1.807, 2.05) is 24.8 Å². The van der Waals surface area contributed by atoms with E-state index in [0.29, 0.717) is 31.1 Å². The number of rotatable bonds is 8. The number of benzene rings is 1. The van der Waals surface area contributed by atoms with E-state index in [1.54, 1.807) is 57.6 Å². The van der Waals surface area contributed by atoms with Crippen molar-refractivity contribution in [3.63, 3.8) is 0 Å². The highest BCUT2D eigenvalue weighted by molar-refractivity contribution is 6.00. The molecule has 2 aromatic heterocycles. The molecule has 0 spiro atoms. The number of anilines is 1. The molecule has 3 aromatic rings. The summed E-state index contributed by atoms with van der Waals surface area (Å²) in [7, 11) is 4.75. The van der Waals surface area contributed by atoms with Gasteiger partial charge in [-0.2, -0.15) is 4.98 Å². The van der Waals surface area contributed by atoms with Gasteiger partial charge in [0.25, 0.3) is 11.5 Å². The minimum atomic E-state index is -0.678. The van der Waals surface area contributed by atoms with Gasteiger partial charge in [-0.3, -0.25) is 23.5 Å². The van der Waals surface area contributed by atoms with Crippen LogP contribution in [0.25, 0.3) is 11.2 Å². The molecule has 0 saturated carbocycles. The van der Waals surface area contributed by atoms with Crippen molar-refractivity contribution in [2.75, 3.05) is 32.1 Å². The molecule has 4 rings (SSSR count). The van der Waals surface area contributed by atoms with Crippen LogP contribution in [-0.4, -0.2) is 80.2 Å². The Morgan fingerprint density at radius 2 is 1.80 bits per heavy atom. The number of nitrogens with one attached hydrogen (secondary N) is 1. The monoisotopic (exact) mass is 621 g/mol. The Morgan fingerprint density at radius 1 is 1.11 bits per heavy atom. The first-order chi connectivity index (χ1) is 21.1. The number of aryl methyl sites for hydroxylation is 1. The average Bonchev–Trinajstić information content (AvgIpc) is 3.35. The van der Waals surface area contributed by atoms with E-state index < -0.39 is 35.3 Å². The Kier molecular flexibility index (Phi) is 9.69. The first-order valence-corrected chi connectivity index (χ1v) is 15.0. The molecule has 1 unspecified atom stereocenters. The number of ketones is 1. The molecule has 0 bridgehead atoms. The summed E-state index contributed by atoms with van der Waals surface area (Å²) >= 11 is 0. The molecule has 13 heteroatoms. The Balaban J connectivity index is 1.74. The Morgan fingerprint density at radius 3 is 2.44 bits per heavy atom. The lowest BCUT2D eigenvalue weighted by Gasteiger charge is -2.34. The number of amides is 2. The molecule has 2 amide bonds. The van der Waals surface area contributed by atoms with Crippen molar-refractivity contribution < 1.29 is 19.1 Å². The molecule has 0 radical (unpaired) electrons. The molecule has 1 atom stereocenters. The third-order valence-electron chi connectivity index (χ3n) is 7.46. The fourth-order valence-corrected chi connectivity index (χ4v) is 5.26. The van der Waals surface area contributed by atoms with Gasteiger partial charge >= 0.3 is 11.8 Å². The Labute approximate surface area is 262 Å². The molecule has 1 aliphatic heterocycles. The smallest absolute Gasteiger partial charge is 0.407 e. The van der Waals surface area contributed by atoms with Gasteiger partial charge in [-0.15, -0.1) is 0 Å². The third-order valence-corrected chi connectivity index (χ3v) is 7.46. The molecule has 1 aliphatic rings. The fraction of sp³-hybridized carbons (Fsp3) is 0.500. The number of Topliss-reactive ketones (excluding diaryl/α,β-unsaturated/α-hetero) is 1. The summed E-state index contributed by atoms with van der Waals surface area (Å²) in [6.07, 6.45) is 2.97. The van der Waals surface area contributed by atoms with Crippen molar-refractivity contribution in [3.8, 4) is 0 Å². The number of carbonyl (C=O) groups is 3. The summed E-state index contributed by atoms with van der Waals surface area (Å²) in [5.74, 6) is -0.259. The second kappa shape index (κ2) is 13.1. The highest BCUT2D eigenvalue weighted by Crippen LogP contribution is 2.24. The zero-order chi connectivity index (χ0) is 33.2. The molecule has 1 N–H and O–H groups in total. The Hall–Kier alpha value is -4.68. The second-order valence-electron chi connectivity index (χ2n) is 12.8. The van der Waals surface area contributed by atoms with Crippen molar-refractivity contribution in [1.29, 1.82) is 0 Å². The van der Waals surface area contributed by atoms with Crippen LogP contribution in [0.5, 0.6) is 0 Å². The lowest BCUT2D eigenvalue weighted by molar-refractivity contribution is 0.0499. The summed E-state index contributed by atoms with van der Waals surface area (Å²) in [6.45, 7) is 10.2. The van der Waals surface area contributed by atoms with E-state index >= 15 is 0 Å². The normalized spacial score (nSPS) is 15.1. The molecule has 1 saturated heterocycles. The minimum Gasteiger partial charge on any atom is -0.444 e. The van der Waals surface area contributed by atoms with Crippen LogP contribution < -0.4 is 21.5 Å².